The normalized spacial score (nSPS) is 14.4. The van der Waals surface area contributed by atoms with Gasteiger partial charge in [0.1, 0.15) is 0 Å². The van der Waals surface area contributed by atoms with Gasteiger partial charge in [0, 0.05) is 49.5 Å². The molecule has 0 amide bonds. The minimum Gasteiger partial charge on any atom is -0.335 e. The summed E-state index contributed by atoms with van der Waals surface area (Å²) in [6.45, 7) is 1.73. The zero-order chi connectivity index (χ0) is 15.6. The molecule has 116 valence electrons. The number of pyridine rings is 1. The smallest absolute Gasteiger partial charge is 0.225 e. The summed E-state index contributed by atoms with van der Waals surface area (Å²) >= 11 is 0. The lowest BCUT2D eigenvalue weighted by Crippen LogP contribution is -2.25. The first-order valence-electron chi connectivity index (χ1n) is 7.80. The van der Waals surface area contributed by atoms with E-state index in [1.54, 1.807) is 18.6 Å². The van der Waals surface area contributed by atoms with Crippen molar-refractivity contribution in [3.63, 3.8) is 0 Å². The Bertz CT molecular complexity index is 797. The Hall–Kier alpha value is -2.76. The van der Waals surface area contributed by atoms with Crippen LogP contribution in [0.3, 0.4) is 0 Å². The summed E-state index contributed by atoms with van der Waals surface area (Å²) in [4.78, 5) is 15.2. The first-order valence-corrected chi connectivity index (χ1v) is 7.80. The molecule has 6 heteroatoms. The van der Waals surface area contributed by atoms with Crippen molar-refractivity contribution in [2.75, 3.05) is 11.4 Å². The predicted molar refractivity (Wildman–Crippen MR) is 87.8 cm³/mol. The van der Waals surface area contributed by atoms with Crippen LogP contribution in [0.15, 0.2) is 43.0 Å². The molecule has 0 bridgehead atoms. The molecule has 4 heterocycles. The Morgan fingerprint density at radius 1 is 1.09 bits per heavy atom. The minimum absolute atomic E-state index is 0.781. The summed E-state index contributed by atoms with van der Waals surface area (Å²) in [6, 6.07) is 5.87. The van der Waals surface area contributed by atoms with Crippen molar-refractivity contribution in [3.05, 3.63) is 54.2 Å². The summed E-state index contributed by atoms with van der Waals surface area (Å²) in [5.41, 5.74) is 4.67. The van der Waals surface area contributed by atoms with Crippen LogP contribution in [-0.4, -0.2) is 31.3 Å². The summed E-state index contributed by atoms with van der Waals surface area (Å²) in [7, 11) is 2.01. The van der Waals surface area contributed by atoms with E-state index >= 15 is 0 Å². The average Bonchev–Trinajstić information content (AvgIpc) is 2.79. The van der Waals surface area contributed by atoms with Crippen molar-refractivity contribution in [2.24, 2.45) is 7.05 Å². The fraction of sp³-hybridized carbons (Fsp3) is 0.294. The maximum atomic E-state index is 4.74. The van der Waals surface area contributed by atoms with Crippen LogP contribution < -0.4 is 4.90 Å². The third kappa shape index (κ3) is 2.56. The first kappa shape index (κ1) is 13.9. The Balaban J connectivity index is 1.73. The number of aryl methyl sites for hydroxylation is 1. The molecule has 0 radical (unpaired) electrons. The van der Waals surface area contributed by atoms with Crippen molar-refractivity contribution in [2.45, 2.75) is 19.4 Å². The van der Waals surface area contributed by atoms with Gasteiger partial charge in [0.25, 0.3) is 0 Å². The van der Waals surface area contributed by atoms with Gasteiger partial charge in [-0.25, -0.2) is 9.97 Å². The van der Waals surface area contributed by atoms with E-state index in [0.717, 1.165) is 43.1 Å². The maximum Gasteiger partial charge on any atom is 0.225 e. The number of hydrogen-bond donors (Lipinski definition) is 0. The van der Waals surface area contributed by atoms with E-state index in [4.69, 9.17) is 5.10 Å². The lowest BCUT2D eigenvalue weighted by atomic mass is 10.0. The summed E-state index contributed by atoms with van der Waals surface area (Å²) in [6.07, 6.45) is 9.32. The van der Waals surface area contributed by atoms with Gasteiger partial charge in [0.2, 0.25) is 5.95 Å². The third-order valence-electron chi connectivity index (χ3n) is 4.24. The van der Waals surface area contributed by atoms with Gasteiger partial charge in [0.05, 0.1) is 17.9 Å². The lowest BCUT2D eigenvalue weighted by molar-refractivity contribution is 0.673. The van der Waals surface area contributed by atoms with Crippen LogP contribution in [0.4, 0.5) is 5.95 Å². The van der Waals surface area contributed by atoms with E-state index in [1.165, 1.54) is 11.3 Å². The first-order chi connectivity index (χ1) is 11.3. The van der Waals surface area contributed by atoms with Crippen LogP contribution in [0.1, 0.15) is 17.7 Å². The standard InChI is InChI=1S/C17H18N6/c1-22-15-12-23(17-19-8-4-9-20-17)10-3-6-14(15)16(21-22)13-5-2-7-18-11-13/h2,4-5,7-9,11H,3,6,10,12H2,1H3. The zero-order valence-corrected chi connectivity index (χ0v) is 13.1. The van der Waals surface area contributed by atoms with Crippen LogP contribution in [0.5, 0.6) is 0 Å². The molecule has 0 saturated heterocycles. The fourth-order valence-corrected chi connectivity index (χ4v) is 3.13. The van der Waals surface area contributed by atoms with E-state index < -0.39 is 0 Å². The van der Waals surface area contributed by atoms with Crippen molar-refractivity contribution in [1.29, 1.82) is 0 Å². The molecule has 23 heavy (non-hydrogen) atoms. The zero-order valence-electron chi connectivity index (χ0n) is 13.1. The number of aromatic nitrogens is 5. The highest BCUT2D eigenvalue weighted by molar-refractivity contribution is 5.63. The van der Waals surface area contributed by atoms with Crippen LogP contribution in [0.2, 0.25) is 0 Å². The van der Waals surface area contributed by atoms with Crippen molar-refractivity contribution < 1.29 is 0 Å². The molecule has 3 aromatic heterocycles. The van der Waals surface area contributed by atoms with E-state index in [1.807, 2.05) is 30.1 Å². The molecule has 4 rings (SSSR count). The van der Waals surface area contributed by atoms with Gasteiger partial charge in [-0.15, -0.1) is 0 Å². The molecule has 3 aromatic rings. The highest BCUT2D eigenvalue weighted by atomic mass is 15.3. The van der Waals surface area contributed by atoms with E-state index in [2.05, 4.69) is 25.9 Å². The van der Waals surface area contributed by atoms with Gasteiger partial charge in [-0.1, -0.05) is 0 Å². The van der Waals surface area contributed by atoms with Crippen molar-refractivity contribution in [3.8, 4) is 11.3 Å². The van der Waals surface area contributed by atoms with Crippen LogP contribution in [0.25, 0.3) is 11.3 Å². The minimum atomic E-state index is 0.781. The second-order valence-electron chi connectivity index (χ2n) is 5.71. The van der Waals surface area contributed by atoms with Gasteiger partial charge < -0.3 is 4.90 Å². The molecule has 0 atom stereocenters. The topological polar surface area (TPSA) is 59.7 Å². The fourth-order valence-electron chi connectivity index (χ4n) is 3.13. The Morgan fingerprint density at radius 2 is 1.96 bits per heavy atom. The molecular weight excluding hydrogens is 288 g/mol. The van der Waals surface area contributed by atoms with E-state index in [-0.39, 0.29) is 0 Å². The Kier molecular flexibility index (Phi) is 3.49. The number of anilines is 1. The van der Waals surface area contributed by atoms with Crippen LogP contribution in [-0.2, 0) is 20.0 Å². The average molecular weight is 306 g/mol. The molecule has 0 spiro atoms. The number of hydrogen-bond acceptors (Lipinski definition) is 5. The summed E-state index contributed by atoms with van der Waals surface area (Å²) in [5.74, 6) is 0.782. The second kappa shape index (κ2) is 5.79. The van der Waals surface area contributed by atoms with Gasteiger partial charge in [-0.2, -0.15) is 5.10 Å². The Labute approximate surface area is 134 Å². The summed E-state index contributed by atoms with van der Waals surface area (Å²) in [5, 5.41) is 4.74. The second-order valence-corrected chi connectivity index (χ2v) is 5.71. The van der Waals surface area contributed by atoms with Gasteiger partial charge in [-0.3, -0.25) is 9.67 Å². The highest BCUT2D eigenvalue weighted by Gasteiger charge is 2.23. The Morgan fingerprint density at radius 3 is 2.74 bits per heavy atom. The number of nitrogens with zero attached hydrogens (tertiary/aromatic N) is 6. The summed E-state index contributed by atoms with van der Waals surface area (Å²) < 4.78 is 1.99. The molecular formula is C17H18N6. The van der Waals surface area contributed by atoms with Crippen LogP contribution >= 0.6 is 0 Å². The molecule has 0 saturated carbocycles. The molecule has 1 aliphatic rings. The molecule has 1 aliphatic heterocycles. The van der Waals surface area contributed by atoms with Crippen molar-refractivity contribution >= 4 is 5.95 Å². The van der Waals surface area contributed by atoms with Gasteiger partial charge in [0.15, 0.2) is 0 Å². The molecule has 6 nitrogen and oxygen atoms in total. The molecule has 0 N–H and O–H groups in total. The van der Waals surface area contributed by atoms with E-state index in [9.17, 15) is 0 Å². The van der Waals surface area contributed by atoms with Crippen LogP contribution in [0, 0.1) is 0 Å². The third-order valence-corrected chi connectivity index (χ3v) is 4.24. The lowest BCUT2D eigenvalue weighted by Gasteiger charge is -2.20. The molecule has 0 fully saturated rings. The SMILES string of the molecule is Cn1nc(-c2cccnc2)c2c1CN(c1ncccn1)CCC2. The predicted octanol–water partition coefficient (Wildman–Crippen LogP) is 2.22. The van der Waals surface area contributed by atoms with Gasteiger partial charge >= 0.3 is 0 Å². The largest absolute Gasteiger partial charge is 0.335 e. The molecule has 0 aromatic carbocycles. The number of rotatable bonds is 2. The van der Waals surface area contributed by atoms with Gasteiger partial charge in [-0.05, 0) is 31.0 Å². The van der Waals surface area contributed by atoms with E-state index in [0.29, 0.717) is 0 Å². The van der Waals surface area contributed by atoms with Crippen molar-refractivity contribution in [1.82, 2.24) is 24.7 Å². The molecule has 0 unspecified atom stereocenters. The quantitative estimate of drug-likeness (QED) is 0.726. The molecule has 0 aliphatic carbocycles. The highest BCUT2D eigenvalue weighted by Crippen LogP contribution is 2.29. The monoisotopic (exact) mass is 306 g/mol. The number of fused-ring (bicyclic) bond motifs is 1. The maximum absolute atomic E-state index is 4.74.